The van der Waals surface area contributed by atoms with Crippen molar-refractivity contribution in [3.63, 3.8) is 0 Å². The standard InChI is InChI=1S/C12H13FN2O2S/c1-8-3-6-15-9(7-8)14-10(12(2)4-5-12)11(15)18(13,16)17/h3,6-7H,4-5H2,1-2H3. The lowest BCUT2D eigenvalue weighted by atomic mass is 10.1. The molecule has 0 aliphatic heterocycles. The van der Waals surface area contributed by atoms with Gasteiger partial charge in [0.15, 0.2) is 5.03 Å². The Morgan fingerprint density at radius 1 is 1.44 bits per heavy atom. The molecule has 2 aromatic rings. The van der Waals surface area contributed by atoms with Gasteiger partial charge in [0.2, 0.25) is 0 Å². The summed E-state index contributed by atoms with van der Waals surface area (Å²) in [6.07, 6.45) is 3.25. The highest BCUT2D eigenvalue weighted by molar-refractivity contribution is 7.86. The molecule has 1 aliphatic rings. The summed E-state index contributed by atoms with van der Waals surface area (Å²) >= 11 is 0. The Kier molecular flexibility index (Phi) is 2.15. The second kappa shape index (κ2) is 3.32. The van der Waals surface area contributed by atoms with E-state index in [-0.39, 0.29) is 10.4 Å². The summed E-state index contributed by atoms with van der Waals surface area (Å²) in [6.45, 7) is 3.80. The molecule has 0 amide bonds. The summed E-state index contributed by atoms with van der Waals surface area (Å²) in [5.74, 6) is 0. The summed E-state index contributed by atoms with van der Waals surface area (Å²) in [5.41, 5.74) is 1.50. The van der Waals surface area contributed by atoms with Crippen molar-refractivity contribution in [1.29, 1.82) is 0 Å². The molecule has 0 unspecified atom stereocenters. The highest BCUT2D eigenvalue weighted by Gasteiger charge is 2.46. The number of pyridine rings is 1. The van der Waals surface area contributed by atoms with Crippen molar-refractivity contribution >= 4 is 15.9 Å². The van der Waals surface area contributed by atoms with E-state index in [1.54, 1.807) is 18.3 Å². The van der Waals surface area contributed by atoms with Gasteiger partial charge in [0, 0.05) is 11.6 Å². The zero-order chi connectivity index (χ0) is 13.1. The van der Waals surface area contributed by atoms with E-state index in [1.165, 1.54) is 4.40 Å². The maximum atomic E-state index is 13.5. The van der Waals surface area contributed by atoms with Gasteiger partial charge in [-0.2, -0.15) is 8.42 Å². The van der Waals surface area contributed by atoms with Gasteiger partial charge >= 0.3 is 10.2 Å². The zero-order valence-electron chi connectivity index (χ0n) is 10.1. The van der Waals surface area contributed by atoms with Gasteiger partial charge in [-0.15, -0.1) is 0 Å². The van der Waals surface area contributed by atoms with Crippen molar-refractivity contribution in [1.82, 2.24) is 9.38 Å². The van der Waals surface area contributed by atoms with E-state index in [9.17, 15) is 12.3 Å². The Balaban J connectivity index is 2.42. The van der Waals surface area contributed by atoms with E-state index < -0.39 is 10.2 Å². The lowest BCUT2D eigenvalue weighted by Gasteiger charge is -2.05. The Bertz CT molecular complexity index is 745. The number of halogens is 1. The molecule has 1 saturated carbocycles. The molecule has 4 nitrogen and oxygen atoms in total. The number of nitrogens with zero attached hydrogens (tertiary/aromatic N) is 2. The third-order valence-electron chi connectivity index (χ3n) is 3.54. The summed E-state index contributed by atoms with van der Waals surface area (Å²) in [4.78, 5) is 4.32. The minimum absolute atomic E-state index is 0.297. The van der Waals surface area contributed by atoms with Crippen molar-refractivity contribution in [3.8, 4) is 0 Å². The smallest absolute Gasteiger partial charge is 0.288 e. The van der Waals surface area contributed by atoms with E-state index in [1.807, 2.05) is 13.8 Å². The SMILES string of the molecule is Cc1ccn2c(S(=O)(=O)F)c(C3(C)CC3)nc2c1. The van der Waals surface area contributed by atoms with Crippen LogP contribution in [0.2, 0.25) is 0 Å². The van der Waals surface area contributed by atoms with Crippen LogP contribution >= 0.6 is 0 Å². The molecular formula is C12H13FN2O2S. The molecule has 0 N–H and O–H groups in total. The molecule has 0 bridgehead atoms. The number of fused-ring (bicyclic) bond motifs is 1. The number of hydrogen-bond donors (Lipinski definition) is 0. The van der Waals surface area contributed by atoms with Crippen LogP contribution in [0.1, 0.15) is 31.0 Å². The number of imidazole rings is 1. The third kappa shape index (κ3) is 1.63. The fraction of sp³-hybridized carbons (Fsp3) is 0.417. The van der Waals surface area contributed by atoms with Crippen LogP contribution < -0.4 is 0 Å². The molecule has 0 spiro atoms. The van der Waals surface area contributed by atoms with Gasteiger partial charge in [-0.3, -0.25) is 4.40 Å². The second-order valence-electron chi connectivity index (χ2n) is 5.20. The van der Waals surface area contributed by atoms with Crippen LogP contribution in [-0.2, 0) is 15.6 Å². The molecule has 96 valence electrons. The largest absolute Gasteiger partial charge is 0.350 e. The first-order chi connectivity index (χ1) is 8.31. The van der Waals surface area contributed by atoms with Gasteiger partial charge < -0.3 is 0 Å². The minimum atomic E-state index is -4.77. The second-order valence-corrected chi connectivity index (χ2v) is 6.46. The first kappa shape index (κ1) is 11.6. The molecule has 1 fully saturated rings. The van der Waals surface area contributed by atoms with Gasteiger partial charge in [-0.1, -0.05) is 10.8 Å². The van der Waals surface area contributed by atoms with Gasteiger partial charge in [-0.05, 0) is 37.5 Å². The average molecular weight is 268 g/mol. The number of aromatic nitrogens is 2. The van der Waals surface area contributed by atoms with Crippen molar-refractivity contribution in [2.24, 2.45) is 0 Å². The molecule has 3 rings (SSSR count). The fourth-order valence-corrected chi connectivity index (χ4v) is 3.09. The summed E-state index contributed by atoms with van der Waals surface area (Å²) < 4.78 is 37.6. The topological polar surface area (TPSA) is 51.4 Å². The molecule has 1 aliphatic carbocycles. The first-order valence-corrected chi connectivity index (χ1v) is 7.13. The highest BCUT2D eigenvalue weighted by Crippen LogP contribution is 2.49. The molecule has 0 radical (unpaired) electrons. The van der Waals surface area contributed by atoms with Gasteiger partial charge in [0.1, 0.15) is 5.65 Å². The van der Waals surface area contributed by atoms with E-state index in [2.05, 4.69) is 4.98 Å². The average Bonchev–Trinajstić information content (AvgIpc) is 2.87. The van der Waals surface area contributed by atoms with Gasteiger partial charge in [-0.25, -0.2) is 4.98 Å². The third-order valence-corrected chi connectivity index (χ3v) is 4.39. The fourth-order valence-electron chi connectivity index (χ4n) is 2.17. The van der Waals surface area contributed by atoms with Crippen LogP contribution in [0.5, 0.6) is 0 Å². The van der Waals surface area contributed by atoms with Crippen LogP contribution in [0, 0.1) is 6.92 Å². The van der Waals surface area contributed by atoms with Crippen molar-refractivity contribution in [3.05, 3.63) is 29.6 Å². The molecule has 0 saturated heterocycles. The first-order valence-electron chi connectivity index (χ1n) is 5.75. The van der Waals surface area contributed by atoms with Crippen molar-refractivity contribution < 1.29 is 12.3 Å². The Hall–Kier alpha value is -1.43. The van der Waals surface area contributed by atoms with Crippen LogP contribution in [0.3, 0.4) is 0 Å². The highest BCUT2D eigenvalue weighted by atomic mass is 32.3. The van der Waals surface area contributed by atoms with Crippen molar-refractivity contribution in [2.75, 3.05) is 0 Å². The van der Waals surface area contributed by atoms with E-state index in [0.29, 0.717) is 11.3 Å². The Morgan fingerprint density at radius 2 is 2.11 bits per heavy atom. The van der Waals surface area contributed by atoms with E-state index >= 15 is 0 Å². The lowest BCUT2D eigenvalue weighted by Crippen LogP contribution is -2.08. The Labute approximate surface area is 105 Å². The van der Waals surface area contributed by atoms with E-state index in [4.69, 9.17) is 0 Å². The quantitative estimate of drug-likeness (QED) is 0.786. The molecule has 0 aromatic carbocycles. The molecule has 6 heteroatoms. The number of aryl methyl sites for hydroxylation is 1. The monoisotopic (exact) mass is 268 g/mol. The molecule has 2 aromatic heterocycles. The van der Waals surface area contributed by atoms with Gasteiger partial charge in [0.25, 0.3) is 0 Å². The molecule has 0 atom stereocenters. The van der Waals surface area contributed by atoms with Crippen LogP contribution in [0.15, 0.2) is 23.4 Å². The summed E-state index contributed by atoms with van der Waals surface area (Å²) in [5, 5.41) is -0.308. The predicted molar refractivity (Wildman–Crippen MR) is 64.8 cm³/mol. The maximum Gasteiger partial charge on any atom is 0.350 e. The van der Waals surface area contributed by atoms with Crippen LogP contribution in [-0.4, -0.2) is 17.8 Å². The number of hydrogen-bond acceptors (Lipinski definition) is 3. The lowest BCUT2D eigenvalue weighted by molar-refractivity contribution is 0.541. The summed E-state index contributed by atoms with van der Waals surface area (Å²) in [7, 11) is -4.77. The Morgan fingerprint density at radius 3 is 2.67 bits per heavy atom. The summed E-state index contributed by atoms with van der Waals surface area (Å²) in [6, 6.07) is 3.49. The van der Waals surface area contributed by atoms with Crippen molar-refractivity contribution in [2.45, 2.75) is 37.1 Å². The van der Waals surface area contributed by atoms with Gasteiger partial charge in [0.05, 0.1) is 5.69 Å². The minimum Gasteiger partial charge on any atom is -0.288 e. The zero-order valence-corrected chi connectivity index (χ0v) is 11.0. The normalized spacial score (nSPS) is 18.2. The molecular weight excluding hydrogens is 255 g/mol. The van der Waals surface area contributed by atoms with E-state index in [0.717, 1.165) is 18.4 Å². The van der Waals surface area contributed by atoms with Crippen LogP contribution in [0.4, 0.5) is 3.89 Å². The molecule has 2 heterocycles. The maximum absolute atomic E-state index is 13.5. The molecule has 18 heavy (non-hydrogen) atoms. The van der Waals surface area contributed by atoms with Crippen LogP contribution in [0.25, 0.3) is 5.65 Å². The number of rotatable bonds is 2. The predicted octanol–water partition coefficient (Wildman–Crippen LogP) is 2.35.